The smallest absolute Gasteiger partial charge is 0.0581 e. The molecule has 2 rings (SSSR count). The van der Waals surface area contributed by atoms with Gasteiger partial charge in [-0.3, -0.25) is 0 Å². The first kappa shape index (κ1) is 14.2. The fourth-order valence-corrected chi connectivity index (χ4v) is 3.34. The Hall–Kier alpha value is -0.240. The minimum Gasteiger partial charge on any atom is -0.393 e. The average molecular weight is 287 g/mol. The maximum absolute atomic E-state index is 10.1. The van der Waals surface area contributed by atoms with E-state index in [2.05, 4.69) is 0 Å². The van der Waals surface area contributed by atoms with Gasteiger partial charge in [-0.1, -0.05) is 55.0 Å². The molecule has 1 nitrogen and oxygen atoms in total. The van der Waals surface area contributed by atoms with Crippen LogP contribution in [-0.4, -0.2) is 11.2 Å². The maximum atomic E-state index is 10.1. The van der Waals surface area contributed by atoms with Crippen molar-refractivity contribution < 1.29 is 5.11 Å². The Morgan fingerprint density at radius 2 is 1.78 bits per heavy atom. The lowest BCUT2D eigenvalue weighted by atomic mass is 9.96. The minimum absolute atomic E-state index is 0.331. The Labute approximate surface area is 119 Å². The van der Waals surface area contributed by atoms with Gasteiger partial charge in [-0.25, -0.2) is 0 Å². The molecule has 1 atom stereocenters. The summed E-state index contributed by atoms with van der Waals surface area (Å²) in [7, 11) is 0. The van der Waals surface area contributed by atoms with Crippen molar-refractivity contribution in [1.82, 2.24) is 0 Å². The van der Waals surface area contributed by atoms with Gasteiger partial charge in [0.25, 0.3) is 0 Å². The maximum Gasteiger partial charge on any atom is 0.0581 e. The SMILES string of the molecule is OC(CCC1CCCC1)Cc1c(Cl)cccc1Cl. The van der Waals surface area contributed by atoms with Crippen LogP contribution in [0.4, 0.5) is 0 Å². The van der Waals surface area contributed by atoms with Crippen LogP contribution in [0.15, 0.2) is 18.2 Å². The normalized spacial score (nSPS) is 18.2. The van der Waals surface area contributed by atoms with Gasteiger partial charge in [-0.2, -0.15) is 0 Å². The second-order valence-corrected chi connectivity index (χ2v) is 6.10. The fourth-order valence-electron chi connectivity index (χ4n) is 2.79. The fraction of sp³-hybridized carbons (Fsp3) is 0.600. The number of rotatable bonds is 5. The molecule has 1 aliphatic carbocycles. The van der Waals surface area contributed by atoms with Crippen molar-refractivity contribution in [2.24, 2.45) is 5.92 Å². The second kappa shape index (κ2) is 6.79. The lowest BCUT2D eigenvalue weighted by molar-refractivity contribution is 0.155. The topological polar surface area (TPSA) is 20.2 Å². The Morgan fingerprint density at radius 3 is 2.39 bits per heavy atom. The zero-order chi connectivity index (χ0) is 13.0. The highest BCUT2D eigenvalue weighted by Crippen LogP contribution is 2.30. The van der Waals surface area contributed by atoms with E-state index in [1.807, 2.05) is 18.2 Å². The van der Waals surface area contributed by atoms with Crippen molar-refractivity contribution in [3.8, 4) is 0 Å². The summed E-state index contributed by atoms with van der Waals surface area (Å²) < 4.78 is 0. The molecule has 1 fully saturated rings. The van der Waals surface area contributed by atoms with Crippen molar-refractivity contribution in [3.05, 3.63) is 33.8 Å². The van der Waals surface area contributed by atoms with E-state index in [0.717, 1.165) is 24.3 Å². The summed E-state index contributed by atoms with van der Waals surface area (Å²) in [5, 5.41) is 11.4. The van der Waals surface area contributed by atoms with Crippen LogP contribution in [0.1, 0.15) is 44.1 Å². The average Bonchev–Trinajstić information content (AvgIpc) is 2.84. The molecule has 1 N–H and O–H groups in total. The summed E-state index contributed by atoms with van der Waals surface area (Å²) in [6, 6.07) is 5.48. The molecule has 3 heteroatoms. The lowest BCUT2D eigenvalue weighted by Gasteiger charge is -2.15. The first-order chi connectivity index (χ1) is 8.66. The summed E-state index contributed by atoms with van der Waals surface area (Å²) >= 11 is 12.2. The van der Waals surface area contributed by atoms with Crippen molar-refractivity contribution >= 4 is 23.2 Å². The van der Waals surface area contributed by atoms with E-state index in [1.54, 1.807) is 0 Å². The van der Waals surface area contributed by atoms with Gasteiger partial charge < -0.3 is 5.11 Å². The minimum atomic E-state index is -0.331. The largest absolute Gasteiger partial charge is 0.393 e. The van der Waals surface area contributed by atoms with Crippen molar-refractivity contribution in [3.63, 3.8) is 0 Å². The Bertz CT molecular complexity index is 366. The molecule has 1 saturated carbocycles. The van der Waals surface area contributed by atoms with Crippen LogP contribution in [0.25, 0.3) is 0 Å². The number of aliphatic hydroxyl groups excluding tert-OH is 1. The van der Waals surface area contributed by atoms with Gasteiger partial charge in [0, 0.05) is 16.5 Å². The summed E-state index contributed by atoms with van der Waals surface area (Å²) in [4.78, 5) is 0. The van der Waals surface area contributed by atoms with Crippen molar-refractivity contribution in [1.29, 1.82) is 0 Å². The molecule has 0 spiro atoms. The van der Waals surface area contributed by atoms with Gasteiger partial charge in [0.2, 0.25) is 0 Å². The number of halogens is 2. The van der Waals surface area contributed by atoms with E-state index in [1.165, 1.54) is 25.7 Å². The number of aliphatic hydroxyl groups is 1. The molecule has 1 aliphatic rings. The van der Waals surface area contributed by atoms with E-state index in [-0.39, 0.29) is 6.10 Å². The Morgan fingerprint density at radius 1 is 1.17 bits per heavy atom. The predicted molar refractivity (Wildman–Crippen MR) is 77.4 cm³/mol. The van der Waals surface area contributed by atoms with E-state index < -0.39 is 0 Å². The molecule has 1 aromatic carbocycles. The van der Waals surface area contributed by atoms with Crippen LogP contribution < -0.4 is 0 Å². The molecule has 1 aromatic rings. The highest BCUT2D eigenvalue weighted by atomic mass is 35.5. The van der Waals surface area contributed by atoms with E-state index in [9.17, 15) is 5.11 Å². The molecule has 0 aliphatic heterocycles. The lowest BCUT2D eigenvalue weighted by Crippen LogP contribution is -2.12. The summed E-state index contributed by atoms with van der Waals surface area (Å²) in [6.45, 7) is 0. The zero-order valence-electron chi connectivity index (χ0n) is 10.5. The Kier molecular flexibility index (Phi) is 5.35. The van der Waals surface area contributed by atoms with E-state index in [4.69, 9.17) is 23.2 Å². The third kappa shape index (κ3) is 3.88. The van der Waals surface area contributed by atoms with E-state index >= 15 is 0 Å². The summed E-state index contributed by atoms with van der Waals surface area (Å²) in [5.41, 5.74) is 0.875. The second-order valence-electron chi connectivity index (χ2n) is 5.29. The van der Waals surface area contributed by atoms with Gasteiger partial charge in [0.15, 0.2) is 0 Å². The molecule has 0 radical (unpaired) electrons. The molecular formula is C15H20Cl2O. The molecule has 0 amide bonds. The van der Waals surface area contributed by atoms with Crippen LogP contribution in [0.2, 0.25) is 10.0 Å². The van der Waals surface area contributed by atoms with Crippen LogP contribution in [0.5, 0.6) is 0 Å². The van der Waals surface area contributed by atoms with Crippen LogP contribution in [0.3, 0.4) is 0 Å². The van der Waals surface area contributed by atoms with Crippen LogP contribution in [0, 0.1) is 5.92 Å². The third-order valence-corrected chi connectivity index (χ3v) is 4.59. The monoisotopic (exact) mass is 286 g/mol. The molecule has 0 aromatic heterocycles. The van der Waals surface area contributed by atoms with Gasteiger partial charge >= 0.3 is 0 Å². The summed E-state index contributed by atoms with van der Waals surface area (Å²) in [6.07, 6.45) is 7.59. The molecule has 18 heavy (non-hydrogen) atoms. The van der Waals surface area contributed by atoms with Gasteiger partial charge in [-0.05, 0) is 36.5 Å². The predicted octanol–water partition coefficient (Wildman–Crippen LogP) is 4.87. The first-order valence-corrected chi connectivity index (χ1v) is 7.53. The highest BCUT2D eigenvalue weighted by Gasteiger charge is 2.17. The van der Waals surface area contributed by atoms with Gasteiger partial charge in [0.05, 0.1) is 6.10 Å². The van der Waals surface area contributed by atoms with Crippen molar-refractivity contribution in [2.75, 3.05) is 0 Å². The van der Waals surface area contributed by atoms with E-state index in [0.29, 0.717) is 16.5 Å². The third-order valence-electron chi connectivity index (χ3n) is 3.88. The molecule has 0 saturated heterocycles. The van der Waals surface area contributed by atoms with Gasteiger partial charge in [0.1, 0.15) is 0 Å². The standard InChI is InChI=1S/C15H20Cl2O/c16-14-6-3-7-15(17)13(14)10-12(18)9-8-11-4-1-2-5-11/h3,6-7,11-12,18H,1-2,4-5,8-10H2. The van der Waals surface area contributed by atoms with Crippen LogP contribution >= 0.6 is 23.2 Å². The number of benzene rings is 1. The number of hydrogen-bond acceptors (Lipinski definition) is 1. The molecule has 1 unspecified atom stereocenters. The molecular weight excluding hydrogens is 267 g/mol. The zero-order valence-corrected chi connectivity index (χ0v) is 12.1. The molecule has 0 bridgehead atoms. The summed E-state index contributed by atoms with van der Waals surface area (Å²) in [5.74, 6) is 0.821. The number of hydrogen-bond donors (Lipinski definition) is 1. The van der Waals surface area contributed by atoms with Crippen molar-refractivity contribution in [2.45, 2.75) is 51.0 Å². The quantitative estimate of drug-likeness (QED) is 0.819. The van der Waals surface area contributed by atoms with Crippen LogP contribution in [-0.2, 0) is 6.42 Å². The molecule has 100 valence electrons. The Balaban J connectivity index is 1.84. The highest BCUT2D eigenvalue weighted by molar-refractivity contribution is 6.35. The molecule has 0 heterocycles. The van der Waals surface area contributed by atoms with Gasteiger partial charge in [-0.15, -0.1) is 0 Å². The first-order valence-electron chi connectivity index (χ1n) is 6.77.